The van der Waals surface area contributed by atoms with Crippen molar-refractivity contribution >= 4 is 0 Å². The fraction of sp³-hybridized carbons (Fsp3) is 0.625. The van der Waals surface area contributed by atoms with Gasteiger partial charge in [0.1, 0.15) is 0 Å². The summed E-state index contributed by atoms with van der Waals surface area (Å²) in [7, 11) is 0. The van der Waals surface area contributed by atoms with E-state index in [0.717, 1.165) is 12.5 Å². The van der Waals surface area contributed by atoms with Gasteiger partial charge < -0.3 is 5.73 Å². The zero-order valence-corrected chi connectivity index (χ0v) is 10.8. The van der Waals surface area contributed by atoms with E-state index in [-0.39, 0.29) is 0 Å². The van der Waals surface area contributed by atoms with E-state index in [1.54, 1.807) is 11.1 Å². The maximum absolute atomic E-state index is 6.05. The molecule has 0 saturated heterocycles. The number of aryl methyl sites for hydroxylation is 2. The Morgan fingerprint density at radius 1 is 1.29 bits per heavy atom. The summed E-state index contributed by atoms with van der Waals surface area (Å²) in [5.41, 5.74) is 11.2. The molecule has 2 N–H and O–H groups in total. The molecule has 92 valence electrons. The van der Waals surface area contributed by atoms with Gasteiger partial charge in [-0.15, -0.1) is 0 Å². The second-order valence-electron chi connectivity index (χ2n) is 6.00. The summed E-state index contributed by atoms with van der Waals surface area (Å²) in [6.07, 6.45) is 8.05. The molecule has 0 heterocycles. The molecule has 0 aliphatic heterocycles. The highest BCUT2D eigenvalue weighted by Crippen LogP contribution is 2.51. The van der Waals surface area contributed by atoms with Crippen molar-refractivity contribution in [2.75, 3.05) is 6.54 Å². The van der Waals surface area contributed by atoms with Crippen LogP contribution in [0.5, 0.6) is 0 Å². The summed E-state index contributed by atoms with van der Waals surface area (Å²) in [6, 6.07) is 7.07. The van der Waals surface area contributed by atoms with E-state index < -0.39 is 0 Å². The van der Waals surface area contributed by atoms with Crippen LogP contribution in [-0.4, -0.2) is 6.54 Å². The molecule has 1 aromatic carbocycles. The Balaban J connectivity index is 2.12. The summed E-state index contributed by atoms with van der Waals surface area (Å²) >= 11 is 0. The van der Waals surface area contributed by atoms with Gasteiger partial charge in [0.25, 0.3) is 0 Å². The standard InChI is InChI=1S/C16H23N/c1-12-4-5-13-6-7-14(11-17)16(15(13)10-12)8-2-3-9-16/h4-5,10,14H,2-3,6-9,11,17H2,1H3. The summed E-state index contributed by atoms with van der Waals surface area (Å²) in [6.45, 7) is 3.09. The first kappa shape index (κ1) is 11.3. The van der Waals surface area contributed by atoms with Crippen molar-refractivity contribution in [1.82, 2.24) is 0 Å². The zero-order valence-electron chi connectivity index (χ0n) is 10.8. The smallest absolute Gasteiger partial charge is 0.000381 e. The number of nitrogens with two attached hydrogens (primary N) is 1. The van der Waals surface area contributed by atoms with E-state index in [2.05, 4.69) is 25.1 Å². The van der Waals surface area contributed by atoms with Gasteiger partial charge in [-0.3, -0.25) is 0 Å². The lowest BCUT2D eigenvalue weighted by Gasteiger charge is -2.43. The minimum Gasteiger partial charge on any atom is -0.330 e. The average molecular weight is 229 g/mol. The Labute approximate surface area is 104 Å². The lowest BCUT2D eigenvalue weighted by atomic mass is 9.62. The maximum Gasteiger partial charge on any atom is -0.000381 e. The minimum atomic E-state index is 0.439. The largest absolute Gasteiger partial charge is 0.330 e. The normalized spacial score (nSPS) is 26.1. The van der Waals surface area contributed by atoms with Gasteiger partial charge in [0, 0.05) is 0 Å². The van der Waals surface area contributed by atoms with Gasteiger partial charge in [0.2, 0.25) is 0 Å². The second kappa shape index (κ2) is 4.13. The highest BCUT2D eigenvalue weighted by Gasteiger charge is 2.45. The van der Waals surface area contributed by atoms with Crippen molar-refractivity contribution in [1.29, 1.82) is 0 Å². The van der Waals surface area contributed by atoms with Crippen LogP contribution in [0.25, 0.3) is 0 Å². The van der Waals surface area contributed by atoms with Crippen molar-refractivity contribution in [2.24, 2.45) is 11.7 Å². The summed E-state index contributed by atoms with van der Waals surface area (Å²) in [5, 5.41) is 0. The van der Waals surface area contributed by atoms with Crippen LogP contribution in [0.15, 0.2) is 18.2 Å². The van der Waals surface area contributed by atoms with Crippen LogP contribution < -0.4 is 5.73 Å². The molecule has 0 radical (unpaired) electrons. The predicted octanol–water partition coefficient (Wildman–Crippen LogP) is 3.33. The topological polar surface area (TPSA) is 26.0 Å². The fourth-order valence-corrected chi connectivity index (χ4v) is 4.22. The van der Waals surface area contributed by atoms with Crippen molar-refractivity contribution in [2.45, 2.75) is 50.9 Å². The number of fused-ring (bicyclic) bond motifs is 2. The third-order valence-electron chi connectivity index (χ3n) is 5.13. The summed E-state index contributed by atoms with van der Waals surface area (Å²) in [5.74, 6) is 0.722. The monoisotopic (exact) mass is 229 g/mol. The number of rotatable bonds is 1. The maximum atomic E-state index is 6.05. The van der Waals surface area contributed by atoms with Crippen molar-refractivity contribution in [3.05, 3.63) is 34.9 Å². The minimum absolute atomic E-state index is 0.439. The molecule has 1 unspecified atom stereocenters. The van der Waals surface area contributed by atoms with Crippen LogP contribution in [0, 0.1) is 12.8 Å². The zero-order chi connectivity index (χ0) is 11.9. The molecule has 0 amide bonds. The Morgan fingerprint density at radius 2 is 2.06 bits per heavy atom. The van der Waals surface area contributed by atoms with Crippen LogP contribution in [0.4, 0.5) is 0 Å². The Kier molecular flexibility index (Phi) is 2.74. The lowest BCUT2D eigenvalue weighted by molar-refractivity contribution is 0.243. The SMILES string of the molecule is Cc1ccc2c(c1)C1(CCCC1)C(CN)CC2. The fourth-order valence-electron chi connectivity index (χ4n) is 4.22. The molecule has 3 rings (SSSR count). The van der Waals surface area contributed by atoms with Gasteiger partial charge in [-0.2, -0.15) is 0 Å². The molecular formula is C16H23N. The molecule has 1 aromatic rings. The van der Waals surface area contributed by atoms with Gasteiger partial charge in [0.15, 0.2) is 0 Å². The highest BCUT2D eigenvalue weighted by molar-refractivity contribution is 5.41. The lowest BCUT2D eigenvalue weighted by Crippen LogP contribution is -2.41. The molecule has 0 aromatic heterocycles. The quantitative estimate of drug-likeness (QED) is 0.785. The van der Waals surface area contributed by atoms with Gasteiger partial charge in [-0.05, 0) is 61.6 Å². The molecular weight excluding hydrogens is 206 g/mol. The van der Waals surface area contributed by atoms with E-state index in [1.807, 2.05) is 0 Å². The van der Waals surface area contributed by atoms with E-state index >= 15 is 0 Å². The van der Waals surface area contributed by atoms with Crippen molar-refractivity contribution < 1.29 is 0 Å². The van der Waals surface area contributed by atoms with Crippen molar-refractivity contribution in [3.8, 4) is 0 Å². The van der Waals surface area contributed by atoms with Crippen LogP contribution >= 0.6 is 0 Å². The second-order valence-corrected chi connectivity index (χ2v) is 6.00. The third kappa shape index (κ3) is 1.63. The average Bonchev–Trinajstić information content (AvgIpc) is 2.81. The van der Waals surface area contributed by atoms with Crippen LogP contribution in [0.2, 0.25) is 0 Å². The molecule has 1 atom stereocenters. The van der Waals surface area contributed by atoms with Crippen LogP contribution in [-0.2, 0) is 11.8 Å². The molecule has 1 nitrogen and oxygen atoms in total. The molecule has 1 spiro atoms. The Morgan fingerprint density at radius 3 is 2.76 bits per heavy atom. The molecule has 1 saturated carbocycles. The van der Waals surface area contributed by atoms with E-state index in [1.165, 1.54) is 44.1 Å². The number of hydrogen-bond donors (Lipinski definition) is 1. The molecule has 1 fully saturated rings. The van der Waals surface area contributed by atoms with Gasteiger partial charge in [0.05, 0.1) is 0 Å². The summed E-state index contributed by atoms with van der Waals surface area (Å²) < 4.78 is 0. The molecule has 17 heavy (non-hydrogen) atoms. The summed E-state index contributed by atoms with van der Waals surface area (Å²) in [4.78, 5) is 0. The van der Waals surface area contributed by atoms with E-state index in [4.69, 9.17) is 5.73 Å². The van der Waals surface area contributed by atoms with Gasteiger partial charge >= 0.3 is 0 Å². The van der Waals surface area contributed by atoms with E-state index in [0.29, 0.717) is 5.41 Å². The first-order chi connectivity index (χ1) is 8.26. The van der Waals surface area contributed by atoms with Crippen LogP contribution in [0.1, 0.15) is 48.8 Å². The third-order valence-corrected chi connectivity index (χ3v) is 5.13. The predicted molar refractivity (Wildman–Crippen MR) is 72.2 cm³/mol. The van der Waals surface area contributed by atoms with E-state index in [9.17, 15) is 0 Å². The first-order valence-corrected chi connectivity index (χ1v) is 7.06. The van der Waals surface area contributed by atoms with Gasteiger partial charge in [-0.1, -0.05) is 36.6 Å². The molecule has 2 aliphatic carbocycles. The number of hydrogen-bond acceptors (Lipinski definition) is 1. The highest BCUT2D eigenvalue weighted by atomic mass is 14.6. The first-order valence-electron chi connectivity index (χ1n) is 7.06. The molecule has 0 bridgehead atoms. The van der Waals surface area contributed by atoms with Crippen LogP contribution in [0.3, 0.4) is 0 Å². The Hall–Kier alpha value is -0.820. The number of benzene rings is 1. The van der Waals surface area contributed by atoms with Crippen molar-refractivity contribution in [3.63, 3.8) is 0 Å². The van der Waals surface area contributed by atoms with Gasteiger partial charge in [-0.25, -0.2) is 0 Å². The molecule has 1 heteroatoms. The Bertz CT molecular complexity index is 416. The molecule has 2 aliphatic rings.